The minimum Gasteiger partial charge on any atom is -0.416 e. The standard InChI is InChI=1S/C15H33N3O2Si/c1-15(2,3)21(6,7)20-13-12-17-8-10-18(11-9-17)14(19)16(4)5/h8-13H2,1-7H3. The molecule has 0 unspecified atom stereocenters. The minimum atomic E-state index is -1.63. The fourth-order valence-corrected chi connectivity index (χ4v) is 3.13. The largest absolute Gasteiger partial charge is 0.416 e. The average Bonchev–Trinajstić information content (AvgIpc) is 2.37. The average molecular weight is 316 g/mol. The first-order valence-corrected chi connectivity index (χ1v) is 10.8. The van der Waals surface area contributed by atoms with Crippen LogP contribution in [0.25, 0.3) is 0 Å². The zero-order chi connectivity index (χ0) is 16.3. The molecule has 0 aromatic heterocycles. The van der Waals surface area contributed by atoms with E-state index in [-0.39, 0.29) is 11.1 Å². The lowest BCUT2D eigenvalue weighted by atomic mass is 10.2. The smallest absolute Gasteiger partial charge is 0.319 e. The fraction of sp³-hybridized carbons (Fsp3) is 0.933. The Labute approximate surface area is 131 Å². The maximum absolute atomic E-state index is 11.9. The number of carbonyl (C=O) groups is 1. The number of rotatable bonds is 4. The molecule has 6 heteroatoms. The number of piperazine rings is 1. The Morgan fingerprint density at radius 3 is 2.10 bits per heavy atom. The van der Waals surface area contributed by atoms with Crippen LogP contribution in [0.3, 0.4) is 0 Å². The van der Waals surface area contributed by atoms with Crippen molar-refractivity contribution >= 4 is 14.3 Å². The molecule has 5 nitrogen and oxygen atoms in total. The van der Waals surface area contributed by atoms with Crippen LogP contribution < -0.4 is 0 Å². The van der Waals surface area contributed by atoms with E-state index in [4.69, 9.17) is 4.43 Å². The normalized spacial score (nSPS) is 18.0. The van der Waals surface area contributed by atoms with Gasteiger partial charge in [-0.05, 0) is 18.1 Å². The molecule has 0 radical (unpaired) electrons. The molecule has 0 atom stereocenters. The number of urea groups is 1. The third-order valence-corrected chi connectivity index (χ3v) is 9.24. The van der Waals surface area contributed by atoms with E-state index in [1.807, 2.05) is 19.0 Å². The molecule has 0 aromatic carbocycles. The second-order valence-electron chi connectivity index (χ2n) is 7.61. The van der Waals surface area contributed by atoms with E-state index in [0.717, 1.165) is 39.3 Å². The lowest BCUT2D eigenvalue weighted by Crippen LogP contribution is -2.52. The van der Waals surface area contributed by atoms with E-state index >= 15 is 0 Å². The second-order valence-corrected chi connectivity index (χ2v) is 12.4. The number of carbonyl (C=O) groups excluding carboxylic acids is 1. The summed E-state index contributed by atoms with van der Waals surface area (Å²) in [5.41, 5.74) is 0. The molecule has 1 aliphatic heterocycles. The topological polar surface area (TPSA) is 36.0 Å². The van der Waals surface area contributed by atoms with Gasteiger partial charge in [0, 0.05) is 53.4 Å². The van der Waals surface area contributed by atoms with Crippen LogP contribution >= 0.6 is 0 Å². The van der Waals surface area contributed by atoms with Crippen LogP contribution in [-0.4, -0.2) is 82.5 Å². The monoisotopic (exact) mass is 315 g/mol. The third kappa shape index (κ3) is 5.27. The highest BCUT2D eigenvalue weighted by molar-refractivity contribution is 6.74. The SMILES string of the molecule is CN(C)C(=O)N1CCN(CCO[Si](C)(C)C(C)(C)C)CC1. The summed E-state index contributed by atoms with van der Waals surface area (Å²) in [6.07, 6.45) is 0. The van der Waals surface area contributed by atoms with Gasteiger partial charge in [-0.15, -0.1) is 0 Å². The predicted octanol–water partition coefficient (Wildman–Crippen LogP) is 2.31. The van der Waals surface area contributed by atoms with E-state index in [0.29, 0.717) is 0 Å². The second kappa shape index (κ2) is 7.11. The summed E-state index contributed by atoms with van der Waals surface area (Å²) in [6, 6.07) is 0.118. The third-order valence-electron chi connectivity index (χ3n) is 4.70. The Morgan fingerprint density at radius 2 is 1.67 bits per heavy atom. The number of hydrogen-bond acceptors (Lipinski definition) is 3. The minimum absolute atomic E-state index is 0.118. The van der Waals surface area contributed by atoms with Crippen LogP contribution in [0.2, 0.25) is 18.1 Å². The van der Waals surface area contributed by atoms with Gasteiger partial charge in [-0.3, -0.25) is 4.90 Å². The van der Waals surface area contributed by atoms with Crippen LogP contribution in [0, 0.1) is 0 Å². The summed E-state index contributed by atoms with van der Waals surface area (Å²) in [5.74, 6) is 0. The molecular weight excluding hydrogens is 282 g/mol. The van der Waals surface area contributed by atoms with Crippen molar-refractivity contribution in [2.75, 3.05) is 53.4 Å². The van der Waals surface area contributed by atoms with Crippen molar-refractivity contribution in [1.82, 2.24) is 14.7 Å². The highest BCUT2D eigenvalue weighted by Crippen LogP contribution is 2.36. The van der Waals surface area contributed by atoms with Crippen molar-refractivity contribution < 1.29 is 9.22 Å². The van der Waals surface area contributed by atoms with Crippen LogP contribution in [0.15, 0.2) is 0 Å². The fourth-order valence-electron chi connectivity index (χ4n) is 2.09. The molecule has 124 valence electrons. The van der Waals surface area contributed by atoms with Gasteiger partial charge in [-0.2, -0.15) is 0 Å². The van der Waals surface area contributed by atoms with Crippen molar-refractivity contribution in [3.63, 3.8) is 0 Å². The molecule has 1 fully saturated rings. The van der Waals surface area contributed by atoms with Gasteiger partial charge < -0.3 is 14.2 Å². The summed E-state index contributed by atoms with van der Waals surface area (Å²) in [5, 5.41) is 0.268. The summed E-state index contributed by atoms with van der Waals surface area (Å²) >= 11 is 0. The molecule has 1 aliphatic rings. The van der Waals surface area contributed by atoms with Gasteiger partial charge in [0.05, 0.1) is 0 Å². The summed E-state index contributed by atoms with van der Waals surface area (Å²) in [4.78, 5) is 17.8. The van der Waals surface area contributed by atoms with Crippen molar-refractivity contribution in [2.24, 2.45) is 0 Å². The van der Waals surface area contributed by atoms with Gasteiger partial charge in [0.25, 0.3) is 0 Å². The zero-order valence-corrected chi connectivity index (χ0v) is 15.9. The molecule has 1 saturated heterocycles. The molecule has 0 bridgehead atoms. The molecule has 21 heavy (non-hydrogen) atoms. The summed E-state index contributed by atoms with van der Waals surface area (Å²) in [6.45, 7) is 16.7. The van der Waals surface area contributed by atoms with E-state index in [2.05, 4.69) is 38.8 Å². The Kier molecular flexibility index (Phi) is 6.25. The van der Waals surface area contributed by atoms with E-state index < -0.39 is 8.32 Å². The molecule has 0 N–H and O–H groups in total. The van der Waals surface area contributed by atoms with Crippen LogP contribution in [0.1, 0.15) is 20.8 Å². The molecular formula is C15H33N3O2Si. The maximum atomic E-state index is 11.9. The van der Waals surface area contributed by atoms with E-state index in [1.54, 1.807) is 4.90 Å². The molecule has 0 saturated carbocycles. The highest BCUT2D eigenvalue weighted by atomic mass is 28.4. The first-order chi connectivity index (χ1) is 9.54. The van der Waals surface area contributed by atoms with Gasteiger partial charge in [0.15, 0.2) is 8.32 Å². The lowest BCUT2D eigenvalue weighted by molar-refractivity contribution is 0.111. The van der Waals surface area contributed by atoms with Gasteiger partial charge in [0.2, 0.25) is 0 Å². The Hall–Kier alpha value is -0.593. The van der Waals surface area contributed by atoms with Crippen molar-refractivity contribution in [2.45, 2.75) is 38.9 Å². The van der Waals surface area contributed by atoms with Crippen LogP contribution in [0.5, 0.6) is 0 Å². The highest BCUT2D eigenvalue weighted by Gasteiger charge is 2.37. The van der Waals surface area contributed by atoms with Crippen molar-refractivity contribution in [1.29, 1.82) is 0 Å². The van der Waals surface area contributed by atoms with Gasteiger partial charge in [-0.1, -0.05) is 20.8 Å². The summed E-state index contributed by atoms with van der Waals surface area (Å²) in [7, 11) is 1.98. The Morgan fingerprint density at radius 1 is 1.14 bits per heavy atom. The number of amides is 2. The van der Waals surface area contributed by atoms with Gasteiger partial charge >= 0.3 is 6.03 Å². The van der Waals surface area contributed by atoms with Crippen molar-refractivity contribution in [3.05, 3.63) is 0 Å². The number of hydrogen-bond donors (Lipinski definition) is 0. The molecule has 0 aliphatic carbocycles. The van der Waals surface area contributed by atoms with Gasteiger partial charge in [0.1, 0.15) is 0 Å². The first kappa shape index (κ1) is 18.5. The van der Waals surface area contributed by atoms with Crippen molar-refractivity contribution in [3.8, 4) is 0 Å². The van der Waals surface area contributed by atoms with Crippen LogP contribution in [0.4, 0.5) is 4.79 Å². The van der Waals surface area contributed by atoms with Gasteiger partial charge in [-0.25, -0.2) is 4.79 Å². The first-order valence-electron chi connectivity index (χ1n) is 7.87. The zero-order valence-electron chi connectivity index (χ0n) is 14.9. The van der Waals surface area contributed by atoms with Crippen LogP contribution in [-0.2, 0) is 4.43 Å². The molecule has 1 rings (SSSR count). The molecule has 2 amide bonds. The molecule has 1 heterocycles. The Bertz CT molecular complexity index is 345. The lowest BCUT2D eigenvalue weighted by Gasteiger charge is -2.38. The molecule has 0 spiro atoms. The Balaban J connectivity index is 2.30. The van der Waals surface area contributed by atoms with E-state index in [9.17, 15) is 4.79 Å². The number of nitrogens with zero attached hydrogens (tertiary/aromatic N) is 3. The predicted molar refractivity (Wildman–Crippen MR) is 90.2 cm³/mol. The van der Waals surface area contributed by atoms with E-state index in [1.165, 1.54) is 0 Å². The quantitative estimate of drug-likeness (QED) is 0.747. The summed E-state index contributed by atoms with van der Waals surface area (Å²) < 4.78 is 6.22. The maximum Gasteiger partial charge on any atom is 0.319 e. The molecule has 0 aromatic rings.